The molecule has 0 atom stereocenters. The quantitative estimate of drug-likeness (QED) is 0.662. The van der Waals surface area contributed by atoms with Crippen molar-refractivity contribution in [3.63, 3.8) is 0 Å². The summed E-state index contributed by atoms with van der Waals surface area (Å²) in [6.45, 7) is 5.18. The highest BCUT2D eigenvalue weighted by Crippen LogP contribution is 2.21. The second-order valence-electron chi connectivity index (χ2n) is 7.47. The number of nitrogens with zero attached hydrogens (tertiary/aromatic N) is 4. The molecular formula is C23H27N5OS. The fourth-order valence-corrected chi connectivity index (χ4v) is 4.34. The summed E-state index contributed by atoms with van der Waals surface area (Å²) in [4.78, 5) is 21.6. The highest BCUT2D eigenvalue weighted by molar-refractivity contribution is 7.09. The number of anilines is 2. The fraction of sp³-hybridized carbons (Fsp3) is 0.348. The van der Waals surface area contributed by atoms with Crippen molar-refractivity contribution >= 4 is 28.4 Å². The molecule has 0 saturated carbocycles. The number of benzene rings is 2. The molecule has 3 aromatic rings. The predicted octanol–water partition coefficient (Wildman–Crippen LogP) is 4.44. The Morgan fingerprint density at radius 3 is 2.70 bits per heavy atom. The van der Waals surface area contributed by atoms with E-state index in [0.29, 0.717) is 6.54 Å². The molecule has 0 bridgehead atoms. The maximum atomic E-state index is 12.7. The SMILES string of the molecule is CCc1cccc(NC(=O)N2CCCN(c3nc(Cc4ccccc4)ns3)CC2)c1. The van der Waals surface area contributed by atoms with E-state index in [1.807, 2.05) is 41.3 Å². The third-order valence-electron chi connectivity index (χ3n) is 5.30. The van der Waals surface area contributed by atoms with Crippen LogP contribution in [0.25, 0.3) is 0 Å². The number of hydrogen-bond donors (Lipinski definition) is 1. The first kappa shape index (κ1) is 20.3. The first-order valence-corrected chi connectivity index (χ1v) is 11.2. The van der Waals surface area contributed by atoms with Crippen molar-refractivity contribution in [3.05, 3.63) is 71.5 Å². The van der Waals surface area contributed by atoms with Crippen LogP contribution in [0.15, 0.2) is 54.6 Å². The summed E-state index contributed by atoms with van der Waals surface area (Å²) in [5.74, 6) is 0.857. The van der Waals surface area contributed by atoms with E-state index in [1.54, 1.807) is 0 Å². The lowest BCUT2D eigenvalue weighted by molar-refractivity contribution is 0.215. The molecule has 2 amide bonds. The van der Waals surface area contributed by atoms with Gasteiger partial charge in [0.2, 0.25) is 5.13 Å². The number of amides is 2. The van der Waals surface area contributed by atoms with Crippen LogP contribution < -0.4 is 10.2 Å². The second kappa shape index (κ2) is 9.71. The van der Waals surface area contributed by atoms with Crippen molar-refractivity contribution in [1.29, 1.82) is 0 Å². The lowest BCUT2D eigenvalue weighted by Crippen LogP contribution is -2.38. The molecule has 1 aliphatic rings. The molecule has 156 valence electrons. The summed E-state index contributed by atoms with van der Waals surface area (Å²) in [7, 11) is 0. The number of aryl methyl sites for hydroxylation is 1. The topological polar surface area (TPSA) is 61.4 Å². The number of urea groups is 1. The van der Waals surface area contributed by atoms with Gasteiger partial charge in [-0.3, -0.25) is 0 Å². The van der Waals surface area contributed by atoms with Gasteiger partial charge in [0.1, 0.15) is 5.82 Å². The molecule has 1 aliphatic heterocycles. The van der Waals surface area contributed by atoms with Gasteiger partial charge in [0.05, 0.1) is 0 Å². The Labute approximate surface area is 181 Å². The summed E-state index contributed by atoms with van der Waals surface area (Å²) in [6.07, 6.45) is 2.61. The summed E-state index contributed by atoms with van der Waals surface area (Å²) >= 11 is 1.45. The second-order valence-corrected chi connectivity index (χ2v) is 8.20. The molecule has 7 heteroatoms. The van der Waals surface area contributed by atoms with Crippen molar-refractivity contribution in [3.8, 4) is 0 Å². The van der Waals surface area contributed by atoms with E-state index in [1.165, 1.54) is 22.7 Å². The largest absolute Gasteiger partial charge is 0.345 e. The summed E-state index contributed by atoms with van der Waals surface area (Å²) in [6, 6.07) is 18.3. The van der Waals surface area contributed by atoms with Gasteiger partial charge in [-0.15, -0.1) is 0 Å². The molecule has 1 saturated heterocycles. The Morgan fingerprint density at radius 1 is 1.03 bits per heavy atom. The number of carbonyl (C=O) groups is 1. The summed E-state index contributed by atoms with van der Waals surface area (Å²) in [5.41, 5.74) is 3.29. The molecule has 4 rings (SSSR count). The highest BCUT2D eigenvalue weighted by Gasteiger charge is 2.21. The molecule has 1 N–H and O–H groups in total. The van der Waals surface area contributed by atoms with Crippen LogP contribution in [0.1, 0.15) is 30.3 Å². The average Bonchev–Trinajstić information content (AvgIpc) is 3.09. The van der Waals surface area contributed by atoms with Crippen LogP contribution in [0, 0.1) is 0 Å². The van der Waals surface area contributed by atoms with Crippen LogP contribution in [0.2, 0.25) is 0 Å². The molecule has 0 spiro atoms. The Hall–Kier alpha value is -2.93. The molecular weight excluding hydrogens is 394 g/mol. The fourth-order valence-electron chi connectivity index (χ4n) is 3.61. The van der Waals surface area contributed by atoms with Gasteiger partial charge < -0.3 is 15.1 Å². The zero-order valence-corrected chi connectivity index (χ0v) is 18.1. The van der Waals surface area contributed by atoms with Crippen molar-refractivity contribution in [2.45, 2.75) is 26.2 Å². The zero-order chi connectivity index (χ0) is 20.8. The van der Waals surface area contributed by atoms with E-state index in [9.17, 15) is 4.79 Å². The van der Waals surface area contributed by atoms with E-state index < -0.39 is 0 Å². The van der Waals surface area contributed by atoms with Gasteiger partial charge in [0.25, 0.3) is 0 Å². The maximum absolute atomic E-state index is 12.7. The normalized spacial score (nSPS) is 14.4. The predicted molar refractivity (Wildman–Crippen MR) is 122 cm³/mol. The molecule has 6 nitrogen and oxygen atoms in total. The maximum Gasteiger partial charge on any atom is 0.321 e. The number of carbonyl (C=O) groups excluding carboxylic acids is 1. The van der Waals surface area contributed by atoms with E-state index in [2.05, 4.69) is 39.7 Å². The van der Waals surface area contributed by atoms with Crippen LogP contribution >= 0.6 is 11.5 Å². The lowest BCUT2D eigenvalue weighted by atomic mass is 10.1. The van der Waals surface area contributed by atoms with Crippen molar-refractivity contribution in [2.24, 2.45) is 0 Å². The summed E-state index contributed by atoms with van der Waals surface area (Å²) < 4.78 is 4.54. The van der Waals surface area contributed by atoms with Gasteiger partial charge in [-0.05, 0) is 36.1 Å². The number of aromatic nitrogens is 2. The van der Waals surface area contributed by atoms with Crippen LogP contribution in [0.5, 0.6) is 0 Å². The lowest BCUT2D eigenvalue weighted by Gasteiger charge is -2.22. The first-order chi connectivity index (χ1) is 14.7. The van der Waals surface area contributed by atoms with Crippen LogP contribution in [0.4, 0.5) is 15.6 Å². The van der Waals surface area contributed by atoms with Crippen LogP contribution in [-0.4, -0.2) is 46.5 Å². The van der Waals surface area contributed by atoms with Crippen molar-refractivity contribution in [1.82, 2.24) is 14.3 Å². The minimum absolute atomic E-state index is 0.0351. The molecule has 2 aromatic carbocycles. The monoisotopic (exact) mass is 421 g/mol. The highest BCUT2D eigenvalue weighted by atomic mass is 32.1. The van der Waals surface area contributed by atoms with E-state index in [-0.39, 0.29) is 6.03 Å². The average molecular weight is 422 g/mol. The van der Waals surface area contributed by atoms with Gasteiger partial charge >= 0.3 is 6.03 Å². The Kier molecular flexibility index (Phi) is 6.59. The van der Waals surface area contributed by atoms with Crippen molar-refractivity contribution < 1.29 is 4.79 Å². The Morgan fingerprint density at radius 2 is 1.87 bits per heavy atom. The number of nitrogens with one attached hydrogen (secondary N) is 1. The Balaban J connectivity index is 1.34. The summed E-state index contributed by atoms with van der Waals surface area (Å²) in [5, 5.41) is 3.99. The molecule has 1 aromatic heterocycles. The number of rotatable bonds is 5. The number of hydrogen-bond acceptors (Lipinski definition) is 5. The molecule has 0 unspecified atom stereocenters. The minimum atomic E-state index is -0.0351. The Bertz CT molecular complexity index is 974. The van der Waals surface area contributed by atoms with Gasteiger partial charge in [0.15, 0.2) is 0 Å². The standard InChI is InChI=1S/C23H27N5OS/c1-2-18-10-6-11-20(16-18)24-22(29)27-12-7-13-28(15-14-27)23-25-21(26-30-23)17-19-8-4-3-5-9-19/h3-6,8-11,16H,2,7,12-15,17H2,1H3,(H,24,29). The minimum Gasteiger partial charge on any atom is -0.345 e. The van der Waals surface area contributed by atoms with E-state index in [0.717, 1.165) is 55.5 Å². The third kappa shape index (κ3) is 5.16. The van der Waals surface area contributed by atoms with Crippen LogP contribution in [-0.2, 0) is 12.8 Å². The first-order valence-electron chi connectivity index (χ1n) is 10.5. The van der Waals surface area contributed by atoms with Crippen LogP contribution in [0.3, 0.4) is 0 Å². The molecule has 0 aliphatic carbocycles. The molecule has 1 fully saturated rings. The molecule has 2 heterocycles. The van der Waals surface area contributed by atoms with E-state index in [4.69, 9.17) is 4.98 Å². The van der Waals surface area contributed by atoms with Gasteiger partial charge in [-0.2, -0.15) is 4.37 Å². The smallest absolute Gasteiger partial charge is 0.321 e. The third-order valence-corrected chi connectivity index (χ3v) is 6.12. The van der Waals surface area contributed by atoms with Gasteiger partial charge in [-0.25, -0.2) is 9.78 Å². The zero-order valence-electron chi connectivity index (χ0n) is 17.3. The molecule has 0 radical (unpaired) electrons. The van der Waals surface area contributed by atoms with E-state index >= 15 is 0 Å². The van der Waals surface area contributed by atoms with Gasteiger partial charge in [0, 0.05) is 49.8 Å². The van der Waals surface area contributed by atoms with Gasteiger partial charge in [-0.1, -0.05) is 49.4 Å². The van der Waals surface area contributed by atoms with Crippen molar-refractivity contribution in [2.75, 3.05) is 36.4 Å². The molecule has 30 heavy (non-hydrogen) atoms.